The molecule has 0 atom stereocenters. The molecule has 2 N–H and O–H groups in total. The Bertz CT molecular complexity index is 390. The van der Waals surface area contributed by atoms with Crippen LogP contribution in [0.15, 0.2) is 0 Å². The third-order valence-corrected chi connectivity index (χ3v) is 3.80. The van der Waals surface area contributed by atoms with Crippen molar-refractivity contribution in [1.82, 2.24) is 0 Å². The second-order valence-electron chi connectivity index (χ2n) is 3.67. The molecule has 0 radical (unpaired) electrons. The van der Waals surface area contributed by atoms with Crippen LogP contribution in [-0.4, -0.2) is 12.6 Å². The van der Waals surface area contributed by atoms with Gasteiger partial charge in [-0.1, -0.05) is 0 Å². The average molecular weight is 262 g/mol. The van der Waals surface area contributed by atoms with Gasteiger partial charge in [0.2, 0.25) is 0 Å². The lowest BCUT2D eigenvalue weighted by atomic mass is 9.95. The summed E-state index contributed by atoms with van der Waals surface area (Å²) in [7, 11) is 0. The molecule has 1 aliphatic rings. The predicted octanol–water partition coefficient (Wildman–Crippen LogP) is 2.81. The van der Waals surface area contributed by atoms with Crippen LogP contribution in [0.4, 0.5) is 5.00 Å². The van der Waals surface area contributed by atoms with Gasteiger partial charge in [0, 0.05) is 4.88 Å². The van der Waals surface area contributed by atoms with E-state index in [1.807, 2.05) is 6.92 Å². The van der Waals surface area contributed by atoms with Crippen LogP contribution in [0.5, 0.6) is 0 Å². The highest BCUT2D eigenvalue weighted by Gasteiger charge is 2.24. The number of ether oxygens (including phenoxy) is 1. The molecule has 0 amide bonds. The van der Waals surface area contributed by atoms with Crippen LogP contribution in [0.1, 0.15) is 40.6 Å². The number of thiophene rings is 1. The number of fused-ring (bicyclic) bond motifs is 1. The van der Waals surface area contributed by atoms with Crippen molar-refractivity contribution in [1.29, 1.82) is 0 Å². The highest BCUT2D eigenvalue weighted by molar-refractivity contribution is 7.16. The normalized spacial score (nSPS) is 13.8. The number of anilines is 1. The minimum Gasteiger partial charge on any atom is -0.462 e. The predicted molar refractivity (Wildman–Crippen MR) is 68.6 cm³/mol. The number of halogens is 1. The van der Waals surface area contributed by atoms with Crippen molar-refractivity contribution in [2.24, 2.45) is 0 Å². The molecule has 5 heteroatoms. The van der Waals surface area contributed by atoms with E-state index in [4.69, 9.17) is 10.5 Å². The fourth-order valence-corrected chi connectivity index (χ4v) is 3.16. The first-order chi connectivity index (χ1) is 7.24. The SMILES string of the molecule is CCOC(=O)c1c(N)sc2c1CCCC2.Cl. The maximum absolute atomic E-state index is 11.7. The number of nitrogens with two attached hydrogens (primary N) is 1. The molecule has 0 spiro atoms. The maximum Gasteiger partial charge on any atom is 0.341 e. The molecule has 2 rings (SSSR count). The first-order valence-electron chi connectivity index (χ1n) is 5.31. The summed E-state index contributed by atoms with van der Waals surface area (Å²) < 4.78 is 5.02. The van der Waals surface area contributed by atoms with E-state index in [1.165, 1.54) is 11.3 Å². The van der Waals surface area contributed by atoms with Crippen molar-refractivity contribution in [2.45, 2.75) is 32.6 Å². The van der Waals surface area contributed by atoms with E-state index >= 15 is 0 Å². The van der Waals surface area contributed by atoms with Crippen LogP contribution in [0.3, 0.4) is 0 Å². The van der Waals surface area contributed by atoms with Gasteiger partial charge in [-0.05, 0) is 38.2 Å². The van der Waals surface area contributed by atoms with E-state index in [0.717, 1.165) is 24.8 Å². The molecule has 0 aliphatic heterocycles. The maximum atomic E-state index is 11.7. The van der Waals surface area contributed by atoms with Crippen LogP contribution in [0.25, 0.3) is 0 Å². The summed E-state index contributed by atoms with van der Waals surface area (Å²) in [6.45, 7) is 2.22. The van der Waals surface area contributed by atoms with Crippen molar-refractivity contribution in [3.05, 3.63) is 16.0 Å². The summed E-state index contributed by atoms with van der Waals surface area (Å²) in [5.74, 6) is -0.255. The second kappa shape index (κ2) is 5.55. The molecule has 0 unspecified atom stereocenters. The second-order valence-corrected chi connectivity index (χ2v) is 4.81. The molecular weight excluding hydrogens is 246 g/mol. The van der Waals surface area contributed by atoms with Gasteiger partial charge in [-0.15, -0.1) is 23.7 Å². The van der Waals surface area contributed by atoms with E-state index < -0.39 is 0 Å². The fourth-order valence-electron chi connectivity index (χ4n) is 2.01. The monoisotopic (exact) mass is 261 g/mol. The largest absolute Gasteiger partial charge is 0.462 e. The molecule has 1 aromatic rings. The first kappa shape index (κ1) is 13.3. The molecule has 1 aliphatic carbocycles. The van der Waals surface area contributed by atoms with Crippen molar-refractivity contribution < 1.29 is 9.53 Å². The Morgan fingerprint density at radius 1 is 1.44 bits per heavy atom. The molecule has 16 heavy (non-hydrogen) atoms. The zero-order chi connectivity index (χ0) is 10.8. The Hall–Kier alpha value is -0.740. The topological polar surface area (TPSA) is 52.3 Å². The Balaban J connectivity index is 0.00000128. The lowest BCUT2D eigenvalue weighted by Crippen LogP contribution is -2.10. The molecule has 0 saturated carbocycles. The summed E-state index contributed by atoms with van der Waals surface area (Å²) in [6.07, 6.45) is 4.38. The highest BCUT2D eigenvalue weighted by atomic mass is 35.5. The zero-order valence-electron chi connectivity index (χ0n) is 9.25. The van der Waals surface area contributed by atoms with Gasteiger partial charge < -0.3 is 10.5 Å². The lowest BCUT2D eigenvalue weighted by molar-refractivity contribution is 0.0526. The van der Waals surface area contributed by atoms with Crippen LogP contribution < -0.4 is 5.73 Å². The number of hydrogen-bond donors (Lipinski definition) is 1. The Morgan fingerprint density at radius 3 is 2.81 bits per heavy atom. The highest BCUT2D eigenvalue weighted by Crippen LogP contribution is 2.36. The number of carbonyl (C=O) groups excluding carboxylic acids is 1. The van der Waals surface area contributed by atoms with Gasteiger partial charge in [0.05, 0.1) is 12.2 Å². The van der Waals surface area contributed by atoms with Gasteiger partial charge in [-0.3, -0.25) is 0 Å². The van der Waals surface area contributed by atoms with Crippen LogP contribution in [-0.2, 0) is 17.6 Å². The molecule has 1 heterocycles. The van der Waals surface area contributed by atoms with Crippen molar-refractivity contribution >= 4 is 34.7 Å². The third-order valence-electron chi connectivity index (χ3n) is 2.68. The van der Waals surface area contributed by atoms with Gasteiger partial charge >= 0.3 is 5.97 Å². The third kappa shape index (κ3) is 2.33. The number of nitrogen functional groups attached to an aromatic ring is 1. The van der Waals surface area contributed by atoms with Crippen LogP contribution >= 0.6 is 23.7 Å². The molecule has 0 bridgehead atoms. The Kier molecular flexibility index (Phi) is 4.62. The first-order valence-corrected chi connectivity index (χ1v) is 6.12. The van der Waals surface area contributed by atoms with Crippen LogP contribution in [0.2, 0.25) is 0 Å². The summed E-state index contributed by atoms with van der Waals surface area (Å²) in [6, 6.07) is 0. The number of carbonyl (C=O) groups is 1. The van der Waals surface area contributed by atoms with Crippen molar-refractivity contribution in [2.75, 3.05) is 12.3 Å². The van der Waals surface area contributed by atoms with Gasteiger partial charge in [0.1, 0.15) is 5.00 Å². The van der Waals surface area contributed by atoms with E-state index in [0.29, 0.717) is 17.2 Å². The zero-order valence-corrected chi connectivity index (χ0v) is 10.9. The Labute approximate surface area is 105 Å². The van der Waals surface area contributed by atoms with E-state index in [9.17, 15) is 4.79 Å². The molecule has 0 aromatic carbocycles. The summed E-state index contributed by atoms with van der Waals surface area (Å²) >= 11 is 1.55. The van der Waals surface area contributed by atoms with E-state index in [2.05, 4.69) is 0 Å². The summed E-state index contributed by atoms with van der Waals surface area (Å²) in [4.78, 5) is 13.0. The molecule has 0 fully saturated rings. The lowest BCUT2D eigenvalue weighted by Gasteiger charge is -2.11. The fraction of sp³-hybridized carbons (Fsp3) is 0.545. The smallest absolute Gasteiger partial charge is 0.341 e. The van der Waals surface area contributed by atoms with Gasteiger partial charge in [0.15, 0.2) is 0 Å². The van der Waals surface area contributed by atoms with Gasteiger partial charge in [-0.2, -0.15) is 0 Å². The quantitative estimate of drug-likeness (QED) is 0.833. The van der Waals surface area contributed by atoms with Crippen molar-refractivity contribution in [3.8, 4) is 0 Å². The van der Waals surface area contributed by atoms with E-state index in [-0.39, 0.29) is 18.4 Å². The number of rotatable bonds is 2. The summed E-state index contributed by atoms with van der Waals surface area (Å²) in [5.41, 5.74) is 7.65. The molecular formula is C11H16ClNO2S. The average Bonchev–Trinajstić information content (AvgIpc) is 2.54. The summed E-state index contributed by atoms with van der Waals surface area (Å²) in [5, 5.41) is 0.625. The van der Waals surface area contributed by atoms with Gasteiger partial charge in [0.25, 0.3) is 0 Å². The van der Waals surface area contributed by atoms with Gasteiger partial charge in [-0.25, -0.2) is 4.79 Å². The molecule has 90 valence electrons. The minimum absolute atomic E-state index is 0. The van der Waals surface area contributed by atoms with E-state index in [1.54, 1.807) is 11.3 Å². The molecule has 1 aromatic heterocycles. The molecule has 3 nitrogen and oxygen atoms in total. The molecule has 0 saturated heterocycles. The van der Waals surface area contributed by atoms with Crippen molar-refractivity contribution in [3.63, 3.8) is 0 Å². The Morgan fingerprint density at radius 2 is 2.12 bits per heavy atom. The standard InChI is InChI=1S/C11H15NO2S.ClH/c1-2-14-11(13)9-7-5-3-4-6-8(7)15-10(9)12;/h2-6,12H2,1H3;1H. The minimum atomic E-state index is -0.255. The number of esters is 1. The van der Waals surface area contributed by atoms with Crippen LogP contribution in [0, 0.1) is 0 Å². The number of hydrogen-bond acceptors (Lipinski definition) is 4. The number of aryl methyl sites for hydroxylation is 1.